The van der Waals surface area contributed by atoms with Crippen molar-refractivity contribution in [2.24, 2.45) is 16.6 Å². The molecule has 0 aliphatic carbocycles. The Labute approximate surface area is 92.2 Å². The van der Waals surface area contributed by atoms with Crippen LogP contribution in [0.4, 0.5) is 0 Å². The SMILES string of the molecule is [N-]=[N+]=NCC(=O)[C@](N)(CCCCN)C(=O)O. The molecule has 0 saturated carbocycles. The molecular formula is C8H15N5O3. The van der Waals surface area contributed by atoms with Gasteiger partial charge < -0.3 is 16.6 Å². The first-order valence-electron chi connectivity index (χ1n) is 4.75. The molecule has 0 aliphatic heterocycles. The van der Waals surface area contributed by atoms with Crippen LogP contribution in [0, 0.1) is 0 Å². The van der Waals surface area contributed by atoms with Gasteiger partial charge in [-0.25, -0.2) is 4.79 Å². The molecule has 0 saturated heterocycles. The van der Waals surface area contributed by atoms with Crippen molar-refractivity contribution in [1.29, 1.82) is 0 Å². The monoisotopic (exact) mass is 229 g/mol. The maximum Gasteiger partial charge on any atom is 0.331 e. The number of aliphatic carboxylic acids is 1. The van der Waals surface area contributed by atoms with Crippen molar-refractivity contribution in [3.63, 3.8) is 0 Å². The van der Waals surface area contributed by atoms with Crippen molar-refractivity contribution in [2.45, 2.75) is 24.8 Å². The zero-order valence-electron chi connectivity index (χ0n) is 8.80. The minimum absolute atomic E-state index is 0.0146. The first-order valence-corrected chi connectivity index (χ1v) is 4.75. The minimum Gasteiger partial charge on any atom is -0.480 e. The molecule has 0 unspecified atom stereocenters. The van der Waals surface area contributed by atoms with E-state index in [0.717, 1.165) is 0 Å². The molecule has 16 heavy (non-hydrogen) atoms. The summed E-state index contributed by atoms with van der Waals surface area (Å²) in [5, 5.41) is 11.9. The van der Waals surface area contributed by atoms with Gasteiger partial charge in [0.05, 0.1) is 6.54 Å². The zero-order valence-corrected chi connectivity index (χ0v) is 8.80. The summed E-state index contributed by atoms with van der Waals surface area (Å²) in [5.41, 5.74) is 16.8. The lowest BCUT2D eigenvalue weighted by atomic mass is 9.89. The molecule has 0 radical (unpaired) electrons. The smallest absolute Gasteiger partial charge is 0.331 e. The fourth-order valence-corrected chi connectivity index (χ4v) is 1.15. The predicted octanol–water partition coefficient (Wildman–Crippen LogP) is -0.223. The Morgan fingerprint density at radius 1 is 1.44 bits per heavy atom. The summed E-state index contributed by atoms with van der Waals surface area (Å²) in [7, 11) is 0. The van der Waals surface area contributed by atoms with Crippen LogP contribution in [-0.2, 0) is 9.59 Å². The molecule has 0 bridgehead atoms. The number of nitrogens with two attached hydrogens (primary N) is 2. The van der Waals surface area contributed by atoms with Crippen molar-refractivity contribution in [3.05, 3.63) is 10.4 Å². The Morgan fingerprint density at radius 3 is 2.50 bits per heavy atom. The molecule has 8 nitrogen and oxygen atoms in total. The summed E-state index contributed by atoms with van der Waals surface area (Å²) >= 11 is 0. The largest absolute Gasteiger partial charge is 0.480 e. The minimum atomic E-state index is -1.98. The normalized spacial score (nSPS) is 13.6. The average Bonchev–Trinajstić information content (AvgIpc) is 2.25. The first kappa shape index (κ1) is 14.4. The average molecular weight is 229 g/mol. The third kappa shape index (κ3) is 3.85. The highest BCUT2D eigenvalue weighted by atomic mass is 16.4. The van der Waals surface area contributed by atoms with E-state index in [1.807, 2.05) is 0 Å². The number of carbonyl (C=O) groups excluding carboxylic acids is 1. The number of carbonyl (C=O) groups is 2. The van der Waals surface area contributed by atoms with Gasteiger partial charge in [-0.05, 0) is 31.3 Å². The molecule has 5 N–H and O–H groups in total. The second kappa shape index (κ2) is 6.78. The fourth-order valence-electron chi connectivity index (χ4n) is 1.15. The van der Waals surface area contributed by atoms with Gasteiger partial charge in [-0.1, -0.05) is 5.11 Å². The van der Waals surface area contributed by atoms with Crippen LogP contribution in [0.2, 0.25) is 0 Å². The first-order chi connectivity index (χ1) is 7.49. The van der Waals surface area contributed by atoms with E-state index in [4.69, 9.17) is 22.1 Å². The molecule has 0 aromatic heterocycles. The van der Waals surface area contributed by atoms with Crippen LogP contribution in [0.3, 0.4) is 0 Å². The van der Waals surface area contributed by atoms with Gasteiger partial charge in [-0.15, -0.1) is 0 Å². The molecule has 0 aliphatic rings. The number of hydrogen-bond donors (Lipinski definition) is 3. The number of carboxylic acids is 1. The molecular weight excluding hydrogens is 214 g/mol. The van der Waals surface area contributed by atoms with Crippen LogP contribution >= 0.6 is 0 Å². The van der Waals surface area contributed by atoms with E-state index in [9.17, 15) is 9.59 Å². The van der Waals surface area contributed by atoms with Crippen molar-refractivity contribution in [3.8, 4) is 0 Å². The summed E-state index contributed by atoms with van der Waals surface area (Å²) in [6.07, 6.45) is 1.00. The number of Topliss-reactive ketones (excluding diaryl/α,β-unsaturated/α-hetero) is 1. The van der Waals surface area contributed by atoms with E-state index in [-0.39, 0.29) is 6.42 Å². The van der Waals surface area contributed by atoms with Gasteiger partial charge in [0.2, 0.25) is 0 Å². The second-order valence-electron chi connectivity index (χ2n) is 3.33. The summed E-state index contributed by atoms with van der Waals surface area (Å²) in [6.45, 7) is -0.151. The number of nitrogens with zero attached hydrogens (tertiary/aromatic N) is 3. The van der Waals surface area contributed by atoms with Gasteiger partial charge in [0.25, 0.3) is 0 Å². The predicted molar refractivity (Wildman–Crippen MR) is 56.5 cm³/mol. The van der Waals surface area contributed by atoms with E-state index < -0.39 is 23.8 Å². The number of rotatable bonds is 8. The Balaban J connectivity index is 4.60. The summed E-state index contributed by atoms with van der Waals surface area (Å²) in [5.74, 6) is -2.21. The molecule has 0 aromatic carbocycles. The van der Waals surface area contributed by atoms with Crippen molar-refractivity contribution < 1.29 is 14.7 Å². The Hall–Kier alpha value is -1.63. The lowest BCUT2D eigenvalue weighted by Gasteiger charge is -2.22. The Kier molecular flexibility index (Phi) is 6.09. The number of carboxylic acid groups (broad SMARTS) is 1. The molecule has 90 valence electrons. The van der Waals surface area contributed by atoms with Crippen LogP contribution in [0.5, 0.6) is 0 Å². The Morgan fingerprint density at radius 2 is 2.06 bits per heavy atom. The topological polar surface area (TPSA) is 155 Å². The molecule has 0 spiro atoms. The molecule has 0 amide bonds. The van der Waals surface area contributed by atoms with Crippen molar-refractivity contribution >= 4 is 11.8 Å². The summed E-state index contributed by atoms with van der Waals surface area (Å²) in [4.78, 5) is 24.7. The Bertz CT molecular complexity index is 313. The number of ketones is 1. The molecule has 0 aromatic rings. The van der Waals surface area contributed by atoms with E-state index in [0.29, 0.717) is 19.4 Å². The van der Waals surface area contributed by atoms with Gasteiger partial charge in [0.1, 0.15) is 0 Å². The highest BCUT2D eigenvalue weighted by molar-refractivity contribution is 6.08. The third-order valence-corrected chi connectivity index (χ3v) is 2.18. The molecule has 0 heterocycles. The van der Waals surface area contributed by atoms with Crippen molar-refractivity contribution in [2.75, 3.05) is 13.1 Å². The fraction of sp³-hybridized carbons (Fsp3) is 0.750. The van der Waals surface area contributed by atoms with E-state index in [1.54, 1.807) is 0 Å². The maximum absolute atomic E-state index is 11.5. The van der Waals surface area contributed by atoms with E-state index >= 15 is 0 Å². The van der Waals surface area contributed by atoms with E-state index in [1.165, 1.54) is 0 Å². The van der Waals surface area contributed by atoms with Gasteiger partial charge in [0, 0.05) is 4.91 Å². The highest BCUT2D eigenvalue weighted by Crippen LogP contribution is 2.13. The molecule has 8 heteroatoms. The third-order valence-electron chi connectivity index (χ3n) is 2.18. The van der Waals surface area contributed by atoms with Crippen LogP contribution in [-0.4, -0.2) is 35.5 Å². The number of hydrogen-bond acceptors (Lipinski definition) is 5. The van der Waals surface area contributed by atoms with Crippen LogP contribution in [0.15, 0.2) is 5.11 Å². The molecule has 1 atom stereocenters. The van der Waals surface area contributed by atoms with Crippen LogP contribution in [0.25, 0.3) is 10.4 Å². The van der Waals surface area contributed by atoms with Crippen LogP contribution < -0.4 is 11.5 Å². The zero-order chi connectivity index (χ0) is 12.6. The number of unbranched alkanes of at least 4 members (excludes halogenated alkanes) is 1. The number of azide groups is 1. The maximum atomic E-state index is 11.5. The standard InChI is InChI=1S/C8H15N5O3/c9-4-2-1-3-8(10,7(15)16)6(14)5-12-13-11/h1-5,9-10H2,(H,15,16)/t8-/m1/s1. The molecule has 0 fully saturated rings. The van der Waals surface area contributed by atoms with E-state index in [2.05, 4.69) is 10.0 Å². The molecule has 0 rings (SSSR count). The summed E-state index contributed by atoms with van der Waals surface area (Å²) in [6, 6.07) is 0. The highest BCUT2D eigenvalue weighted by Gasteiger charge is 2.40. The van der Waals surface area contributed by atoms with Gasteiger partial charge >= 0.3 is 5.97 Å². The van der Waals surface area contributed by atoms with Crippen molar-refractivity contribution in [1.82, 2.24) is 0 Å². The van der Waals surface area contributed by atoms with Gasteiger partial charge in [-0.3, -0.25) is 4.79 Å². The van der Waals surface area contributed by atoms with Crippen LogP contribution in [0.1, 0.15) is 19.3 Å². The lowest BCUT2D eigenvalue weighted by Crippen LogP contribution is -2.55. The quantitative estimate of drug-likeness (QED) is 0.172. The lowest BCUT2D eigenvalue weighted by molar-refractivity contribution is -0.148. The summed E-state index contributed by atoms with van der Waals surface area (Å²) < 4.78 is 0. The second-order valence-corrected chi connectivity index (χ2v) is 3.33. The van der Waals surface area contributed by atoms with Gasteiger partial charge in [0.15, 0.2) is 11.3 Å². The van der Waals surface area contributed by atoms with Gasteiger partial charge in [-0.2, -0.15) is 0 Å².